The third kappa shape index (κ3) is 3.09. The van der Waals surface area contributed by atoms with Gasteiger partial charge in [0.1, 0.15) is 16.5 Å². The quantitative estimate of drug-likeness (QED) is 0.491. The third-order valence-corrected chi connectivity index (χ3v) is 5.97. The van der Waals surface area contributed by atoms with Crippen molar-refractivity contribution in [3.63, 3.8) is 0 Å². The maximum Gasteiger partial charge on any atom is 0.262 e. The van der Waals surface area contributed by atoms with E-state index in [-0.39, 0.29) is 23.4 Å². The summed E-state index contributed by atoms with van der Waals surface area (Å²) in [5.74, 6) is 1.16. The first kappa shape index (κ1) is 18.4. The standard InChI is InChI=1S/C20H21N5O2S/c1-9(2)15(17-23-12-7-5-6-8-13(12)24-17)25-19(27)16-10(3)14-18(26)21-11(4)22-20(14)28-16/h5-9,15H,1-4H3,(H,23,24)(H,25,27)(H,21,22,26). The molecular weight excluding hydrogens is 374 g/mol. The molecule has 8 heteroatoms. The summed E-state index contributed by atoms with van der Waals surface area (Å²) in [6.45, 7) is 7.58. The van der Waals surface area contributed by atoms with E-state index >= 15 is 0 Å². The van der Waals surface area contributed by atoms with Crippen molar-refractivity contribution in [1.82, 2.24) is 25.3 Å². The molecule has 0 aliphatic heterocycles. The molecule has 4 rings (SSSR count). The van der Waals surface area contributed by atoms with Gasteiger partial charge in [0.25, 0.3) is 11.5 Å². The number of imidazole rings is 1. The van der Waals surface area contributed by atoms with Crippen LogP contribution in [-0.2, 0) is 0 Å². The highest BCUT2D eigenvalue weighted by Crippen LogP contribution is 2.29. The van der Waals surface area contributed by atoms with Gasteiger partial charge < -0.3 is 15.3 Å². The minimum absolute atomic E-state index is 0.128. The van der Waals surface area contributed by atoms with Crippen LogP contribution in [0.25, 0.3) is 21.3 Å². The second kappa shape index (κ2) is 6.87. The number of nitrogens with one attached hydrogen (secondary N) is 3. The fourth-order valence-electron chi connectivity index (χ4n) is 3.35. The lowest BCUT2D eigenvalue weighted by Gasteiger charge is -2.20. The van der Waals surface area contributed by atoms with Crippen molar-refractivity contribution in [3.8, 4) is 0 Å². The van der Waals surface area contributed by atoms with E-state index in [2.05, 4.69) is 25.3 Å². The van der Waals surface area contributed by atoms with Gasteiger partial charge in [-0.25, -0.2) is 9.97 Å². The summed E-state index contributed by atoms with van der Waals surface area (Å²) < 4.78 is 0. The average Bonchev–Trinajstić information content (AvgIpc) is 3.20. The average molecular weight is 395 g/mol. The molecule has 4 aromatic rings. The zero-order valence-electron chi connectivity index (χ0n) is 16.1. The lowest BCUT2D eigenvalue weighted by atomic mass is 10.0. The minimum atomic E-state index is -0.280. The van der Waals surface area contributed by atoms with Crippen LogP contribution in [0.15, 0.2) is 29.1 Å². The topological polar surface area (TPSA) is 104 Å². The van der Waals surface area contributed by atoms with Crippen molar-refractivity contribution >= 4 is 38.5 Å². The smallest absolute Gasteiger partial charge is 0.262 e. The third-order valence-electron chi connectivity index (χ3n) is 4.78. The Kier molecular flexibility index (Phi) is 4.50. The number of aromatic amines is 2. The van der Waals surface area contributed by atoms with E-state index in [9.17, 15) is 9.59 Å². The number of carbonyl (C=O) groups excluding carboxylic acids is 1. The Balaban J connectivity index is 1.71. The van der Waals surface area contributed by atoms with E-state index in [4.69, 9.17) is 0 Å². The number of aryl methyl sites for hydroxylation is 2. The summed E-state index contributed by atoms with van der Waals surface area (Å²) in [6.07, 6.45) is 0. The highest BCUT2D eigenvalue weighted by molar-refractivity contribution is 7.20. The van der Waals surface area contributed by atoms with Crippen LogP contribution in [0.2, 0.25) is 0 Å². The van der Waals surface area contributed by atoms with Crippen LogP contribution in [0, 0.1) is 19.8 Å². The largest absolute Gasteiger partial charge is 0.341 e. The van der Waals surface area contributed by atoms with E-state index < -0.39 is 0 Å². The second-order valence-corrected chi connectivity index (χ2v) is 8.22. The first-order valence-electron chi connectivity index (χ1n) is 9.10. The van der Waals surface area contributed by atoms with Gasteiger partial charge in [0.15, 0.2) is 0 Å². The number of para-hydroxylation sites is 2. The van der Waals surface area contributed by atoms with Gasteiger partial charge >= 0.3 is 0 Å². The summed E-state index contributed by atoms with van der Waals surface area (Å²) in [6, 6.07) is 7.49. The van der Waals surface area contributed by atoms with E-state index in [0.29, 0.717) is 26.5 Å². The van der Waals surface area contributed by atoms with Crippen LogP contribution in [0.4, 0.5) is 0 Å². The molecule has 0 bridgehead atoms. The lowest BCUT2D eigenvalue weighted by molar-refractivity contribution is 0.0927. The molecule has 144 valence electrons. The summed E-state index contributed by atoms with van der Waals surface area (Å²) in [4.78, 5) is 41.4. The number of hydrogen-bond donors (Lipinski definition) is 3. The van der Waals surface area contributed by atoms with E-state index in [1.54, 1.807) is 13.8 Å². The number of nitrogens with zero attached hydrogens (tertiary/aromatic N) is 2. The van der Waals surface area contributed by atoms with Gasteiger partial charge in [-0.3, -0.25) is 9.59 Å². The molecule has 1 atom stereocenters. The first-order chi connectivity index (χ1) is 13.3. The predicted octanol–water partition coefficient (Wildman–Crippen LogP) is 3.60. The Hall–Kier alpha value is -3.00. The molecule has 28 heavy (non-hydrogen) atoms. The number of fused-ring (bicyclic) bond motifs is 2. The van der Waals surface area contributed by atoms with Crippen molar-refractivity contribution in [1.29, 1.82) is 0 Å². The Bertz CT molecular complexity index is 1220. The number of thiophene rings is 1. The molecular formula is C20H21N5O2S. The maximum atomic E-state index is 13.1. The van der Waals surface area contributed by atoms with Gasteiger partial charge in [0.05, 0.1) is 27.3 Å². The first-order valence-corrected chi connectivity index (χ1v) is 9.92. The zero-order valence-corrected chi connectivity index (χ0v) is 16.9. The Labute approximate surface area is 165 Å². The summed E-state index contributed by atoms with van der Waals surface area (Å²) in [5, 5.41) is 3.56. The van der Waals surface area contributed by atoms with E-state index in [0.717, 1.165) is 16.9 Å². The van der Waals surface area contributed by atoms with Crippen molar-refractivity contribution in [2.75, 3.05) is 0 Å². The molecule has 1 amide bonds. The highest BCUT2D eigenvalue weighted by Gasteiger charge is 2.25. The molecule has 1 aromatic carbocycles. The molecule has 3 N–H and O–H groups in total. The molecule has 3 aromatic heterocycles. The monoisotopic (exact) mass is 395 g/mol. The van der Waals surface area contributed by atoms with Gasteiger partial charge in [-0.1, -0.05) is 26.0 Å². The lowest BCUT2D eigenvalue weighted by Crippen LogP contribution is -2.32. The molecule has 7 nitrogen and oxygen atoms in total. The van der Waals surface area contributed by atoms with Crippen LogP contribution in [0.1, 0.15) is 46.8 Å². The van der Waals surface area contributed by atoms with Crippen LogP contribution in [0.3, 0.4) is 0 Å². The summed E-state index contributed by atoms with van der Waals surface area (Å²) in [5.41, 5.74) is 2.23. The number of aromatic nitrogens is 4. The SMILES string of the molecule is Cc1nc2sc(C(=O)NC(c3nc4ccccc4[nH]3)C(C)C)c(C)c2c(=O)[nH]1. The zero-order chi connectivity index (χ0) is 20.0. The van der Waals surface area contributed by atoms with Gasteiger partial charge in [-0.15, -0.1) is 11.3 Å². The molecule has 0 aliphatic carbocycles. The van der Waals surface area contributed by atoms with Crippen LogP contribution in [0.5, 0.6) is 0 Å². The van der Waals surface area contributed by atoms with Crippen LogP contribution >= 0.6 is 11.3 Å². The summed E-state index contributed by atoms with van der Waals surface area (Å²) in [7, 11) is 0. The van der Waals surface area contributed by atoms with E-state index in [1.807, 2.05) is 38.1 Å². The fourth-order valence-corrected chi connectivity index (χ4v) is 4.48. The van der Waals surface area contributed by atoms with Gasteiger partial charge in [0.2, 0.25) is 0 Å². The Morgan fingerprint density at radius 2 is 1.89 bits per heavy atom. The van der Waals surface area contributed by atoms with Crippen molar-refractivity contribution < 1.29 is 4.79 Å². The van der Waals surface area contributed by atoms with Gasteiger partial charge in [-0.05, 0) is 37.5 Å². The molecule has 0 saturated heterocycles. The number of benzene rings is 1. The molecule has 0 fully saturated rings. The number of amides is 1. The van der Waals surface area contributed by atoms with Crippen molar-refractivity contribution in [3.05, 3.63) is 56.7 Å². The van der Waals surface area contributed by atoms with E-state index in [1.165, 1.54) is 11.3 Å². The summed E-state index contributed by atoms with van der Waals surface area (Å²) >= 11 is 1.24. The highest BCUT2D eigenvalue weighted by atomic mass is 32.1. The number of H-pyrrole nitrogens is 2. The van der Waals surface area contributed by atoms with Crippen molar-refractivity contribution in [2.45, 2.75) is 33.7 Å². The van der Waals surface area contributed by atoms with Crippen LogP contribution < -0.4 is 10.9 Å². The van der Waals surface area contributed by atoms with Crippen LogP contribution in [-0.4, -0.2) is 25.8 Å². The molecule has 0 aliphatic rings. The number of carbonyl (C=O) groups is 1. The molecule has 3 heterocycles. The maximum absolute atomic E-state index is 13.1. The van der Waals surface area contributed by atoms with Crippen molar-refractivity contribution in [2.24, 2.45) is 5.92 Å². The minimum Gasteiger partial charge on any atom is -0.341 e. The normalized spacial score (nSPS) is 12.8. The van der Waals surface area contributed by atoms with Gasteiger partial charge in [0, 0.05) is 0 Å². The number of hydrogen-bond acceptors (Lipinski definition) is 5. The fraction of sp³-hybridized carbons (Fsp3) is 0.300. The Morgan fingerprint density at radius 3 is 2.61 bits per heavy atom. The second-order valence-electron chi connectivity index (χ2n) is 7.22. The number of rotatable bonds is 4. The Morgan fingerprint density at radius 1 is 1.14 bits per heavy atom. The molecule has 0 radical (unpaired) electrons. The molecule has 0 spiro atoms. The molecule has 1 unspecified atom stereocenters. The predicted molar refractivity (Wildman–Crippen MR) is 111 cm³/mol. The van der Waals surface area contributed by atoms with Gasteiger partial charge in [-0.2, -0.15) is 0 Å². The molecule has 0 saturated carbocycles.